The largest absolute Gasteiger partial charge is 0.573 e. The van der Waals surface area contributed by atoms with Crippen molar-refractivity contribution >= 4 is 39.8 Å². The van der Waals surface area contributed by atoms with E-state index in [0.717, 1.165) is 5.57 Å². The van der Waals surface area contributed by atoms with Crippen LogP contribution in [0.25, 0.3) is 0 Å². The maximum Gasteiger partial charge on any atom is 0.573 e. The molecule has 0 saturated heterocycles. The van der Waals surface area contributed by atoms with Gasteiger partial charge in [-0.25, -0.2) is 0 Å². The zero-order chi connectivity index (χ0) is 20.7. The molecular weight excluding hydrogens is 413 g/mol. The Kier molecular flexibility index (Phi) is 7.69. The molecule has 2 rings (SSSR count). The molecule has 0 unspecified atom stereocenters. The number of alkyl halides is 3. The second-order valence-corrected chi connectivity index (χ2v) is 7.92. The number of likely N-dealkylation sites (N-methyl/N-ethyl adjacent to an activating group) is 1. The Morgan fingerprint density at radius 3 is 2.57 bits per heavy atom. The van der Waals surface area contributed by atoms with E-state index in [1.807, 2.05) is 13.8 Å². The Balaban J connectivity index is 1.88. The topological polar surface area (TPSA) is 67.4 Å². The molecule has 0 aliphatic rings. The summed E-state index contributed by atoms with van der Waals surface area (Å²) in [7, 11) is 0. The molecule has 1 N–H and O–H groups in total. The van der Waals surface area contributed by atoms with E-state index >= 15 is 0 Å². The van der Waals surface area contributed by atoms with Crippen LogP contribution in [0.2, 0.25) is 0 Å². The van der Waals surface area contributed by atoms with Crippen LogP contribution in [-0.4, -0.2) is 46.2 Å². The van der Waals surface area contributed by atoms with Crippen molar-refractivity contribution in [1.82, 2.24) is 15.1 Å². The molecule has 1 amide bonds. The number of amides is 1. The Bertz CT molecular complexity index is 809. The van der Waals surface area contributed by atoms with E-state index < -0.39 is 6.36 Å². The highest BCUT2D eigenvalue weighted by Crippen LogP contribution is 2.29. The van der Waals surface area contributed by atoms with Crippen LogP contribution in [0.15, 0.2) is 40.8 Å². The lowest BCUT2D eigenvalue weighted by atomic mass is 10.3. The minimum absolute atomic E-state index is 0.0135. The zero-order valence-electron chi connectivity index (χ0n) is 15.2. The summed E-state index contributed by atoms with van der Waals surface area (Å²) in [4.78, 5) is 13.9. The van der Waals surface area contributed by atoms with Gasteiger partial charge < -0.3 is 15.0 Å². The normalized spacial score (nSPS) is 11.2. The lowest BCUT2D eigenvalue weighted by molar-refractivity contribution is -0.274. The van der Waals surface area contributed by atoms with Crippen molar-refractivity contribution in [3.8, 4) is 5.75 Å². The molecule has 6 nitrogen and oxygen atoms in total. The monoisotopic (exact) mass is 432 g/mol. The maximum atomic E-state index is 12.2. The number of carbonyl (C=O) groups excluding carboxylic acids is 1. The number of benzene rings is 1. The van der Waals surface area contributed by atoms with Crippen LogP contribution >= 0.6 is 23.1 Å². The van der Waals surface area contributed by atoms with Crippen LogP contribution in [-0.2, 0) is 4.79 Å². The molecular formula is C17H19F3N4O2S2. The summed E-state index contributed by atoms with van der Waals surface area (Å²) in [5, 5.41) is 11.4. The summed E-state index contributed by atoms with van der Waals surface area (Å²) in [6.45, 7) is 8.71. The minimum Gasteiger partial charge on any atom is -0.406 e. The fourth-order valence-corrected chi connectivity index (χ4v) is 3.77. The first-order chi connectivity index (χ1) is 13.2. The SMILES string of the molecule is C=C(C)CN(CC)C(=O)CSc1nnc(Nc2ccc(OC(F)(F)F)cc2)s1. The number of aromatic nitrogens is 2. The van der Waals surface area contributed by atoms with E-state index in [2.05, 4.69) is 26.8 Å². The summed E-state index contributed by atoms with van der Waals surface area (Å²) in [6.07, 6.45) is -4.73. The molecule has 0 aliphatic heterocycles. The van der Waals surface area contributed by atoms with E-state index in [1.165, 1.54) is 47.4 Å². The highest BCUT2D eigenvalue weighted by Gasteiger charge is 2.30. The van der Waals surface area contributed by atoms with Crippen LogP contribution < -0.4 is 10.1 Å². The minimum atomic E-state index is -4.73. The van der Waals surface area contributed by atoms with Gasteiger partial charge in [-0.2, -0.15) is 0 Å². The molecule has 2 aromatic rings. The third-order valence-corrected chi connectivity index (χ3v) is 5.22. The molecule has 0 bridgehead atoms. The number of rotatable bonds is 9. The number of halogens is 3. The van der Waals surface area contributed by atoms with E-state index in [1.54, 1.807) is 4.90 Å². The fourth-order valence-electron chi connectivity index (χ4n) is 2.10. The van der Waals surface area contributed by atoms with Crippen LogP contribution in [0.1, 0.15) is 13.8 Å². The van der Waals surface area contributed by atoms with Crippen LogP contribution in [0.3, 0.4) is 0 Å². The number of thioether (sulfide) groups is 1. The number of hydrogen-bond donors (Lipinski definition) is 1. The molecule has 0 fully saturated rings. The molecule has 0 radical (unpaired) electrons. The van der Waals surface area contributed by atoms with Gasteiger partial charge in [-0.1, -0.05) is 35.3 Å². The lowest BCUT2D eigenvalue weighted by Gasteiger charge is -2.20. The van der Waals surface area contributed by atoms with Gasteiger partial charge in [0.05, 0.1) is 5.75 Å². The van der Waals surface area contributed by atoms with Gasteiger partial charge in [0.25, 0.3) is 0 Å². The Labute approximate surface area is 168 Å². The van der Waals surface area contributed by atoms with Gasteiger partial charge in [0.2, 0.25) is 11.0 Å². The molecule has 0 saturated carbocycles. The first kappa shape index (κ1) is 22.0. The number of hydrogen-bond acceptors (Lipinski definition) is 7. The average molecular weight is 432 g/mol. The lowest BCUT2D eigenvalue weighted by Crippen LogP contribution is -2.33. The van der Waals surface area contributed by atoms with Crippen molar-refractivity contribution in [1.29, 1.82) is 0 Å². The van der Waals surface area contributed by atoms with Crippen molar-refractivity contribution in [2.45, 2.75) is 24.5 Å². The molecule has 0 aliphatic carbocycles. The van der Waals surface area contributed by atoms with Crippen molar-refractivity contribution in [2.24, 2.45) is 0 Å². The predicted molar refractivity (Wildman–Crippen MR) is 104 cm³/mol. The molecule has 152 valence electrons. The second-order valence-electron chi connectivity index (χ2n) is 5.72. The first-order valence-electron chi connectivity index (χ1n) is 8.17. The van der Waals surface area contributed by atoms with Crippen LogP contribution in [0.4, 0.5) is 24.0 Å². The van der Waals surface area contributed by atoms with Gasteiger partial charge in [-0.05, 0) is 38.1 Å². The summed E-state index contributed by atoms with van der Waals surface area (Å²) in [6, 6.07) is 5.28. The van der Waals surface area contributed by atoms with Crippen molar-refractivity contribution in [3.05, 3.63) is 36.4 Å². The van der Waals surface area contributed by atoms with Gasteiger partial charge in [0, 0.05) is 18.8 Å². The molecule has 1 aromatic heterocycles. The maximum absolute atomic E-state index is 12.2. The van der Waals surface area contributed by atoms with Gasteiger partial charge >= 0.3 is 6.36 Å². The summed E-state index contributed by atoms with van der Waals surface area (Å²) >= 11 is 2.53. The summed E-state index contributed by atoms with van der Waals surface area (Å²) < 4.78 is 40.9. The second kappa shape index (κ2) is 9.78. The highest BCUT2D eigenvalue weighted by atomic mass is 32.2. The summed E-state index contributed by atoms with van der Waals surface area (Å²) in [5.41, 5.74) is 1.45. The smallest absolute Gasteiger partial charge is 0.406 e. The van der Waals surface area contributed by atoms with Gasteiger partial charge in [0.15, 0.2) is 4.34 Å². The number of anilines is 2. The van der Waals surface area contributed by atoms with Crippen LogP contribution in [0, 0.1) is 0 Å². The Hall–Kier alpha value is -2.27. The standard InChI is InChI=1S/C17H19F3N4O2S2/c1-4-24(9-11(2)3)14(25)10-27-16-23-22-15(28-16)21-12-5-7-13(8-6-12)26-17(18,19)20/h5-8H,2,4,9-10H2,1,3H3,(H,21,22). The van der Waals surface area contributed by atoms with Crippen molar-refractivity contribution in [2.75, 3.05) is 24.2 Å². The van der Waals surface area contributed by atoms with Crippen molar-refractivity contribution in [3.63, 3.8) is 0 Å². The number of ether oxygens (including phenoxy) is 1. The van der Waals surface area contributed by atoms with E-state index in [0.29, 0.717) is 28.2 Å². The highest BCUT2D eigenvalue weighted by molar-refractivity contribution is 8.01. The van der Waals surface area contributed by atoms with Crippen molar-refractivity contribution < 1.29 is 22.7 Å². The Morgan fingerprint density at radius 1 is 1.32 bits per heavy atom. The molecule has 0 spiro atoms. The zero-order valence-corrected chi connectivity index (χ0v) is 16.9. The molecule has 11 heteroatoms. The number of nitrogens with zero attached hydrogens (tertiary/aromatic N) is 3. The van der Waals surface area contributed by atoms with Gasteiger partial charge in [-0.3, -0.25) is 4.79 Å². The first-order valence-corrected chi connectivity index (χ1v) is 9.97. The van der Waals surface area contributed by atoms with E-state index in [-0.39, 0.29) is 17.4 Å². The molecule has 1 aromatic carbocycles. The quantitative estimate of drug-likeness (QED) is 0.458. The summed E-state index contributed by atoms with van der Waals surface area (Å²) in [5.74, 6) is -0.0834. The average Bonchev–Trinajstić information content (AvgIpc) is 3.05. The van der Waals surface area contributed by atoms with Gasteiger partial charge in [0.1, 0.15) is 5.75 Å². The number of nitrogens with one attached hydrogen (secondary N) is 1. The molecule has 1 heterocycles. The van der Waals surface area contributed by atoms with Crippen LogP contribution in [0.5, 0.6) is 5.75 Å². The third kappa shape index (κ3) is 7.39. The Morgan fingerprint density at radius 2 is 2.00 bits per heavy atom. The predicted octanol–water partition coefficient (Wildman–Crippen LogP) is 4.70. The van der Waals surface area contributed by atoms with Gasteiger partial charge in [-0.15, -0.1) is 23.4 Å². The van der Waals surface area contributed by atoms with E-state index in [9.17, 15) is 18.0 Å². The third-order valence-electron chi connectivity index (χ3n) is 3.26. The van der Waals surface area contributed by atoms with E-state index in [4.69, 9.17) is 0 Å². The fraction of sp³-hybridized carbons (Fsp3) is 0.353. The molecule has 0 atom stereocenters. The number of carbonyl (C=O) groups is 1. The molecule has 28 heavy (non-hydrogen) atoms.